The molecule has 0 amide bonds. The second-order valence-corrected chi connectivity index (χ2v) is 5.79. The minimum Gasteiger partial charge on any atom is -0.455 e. The van der Waals surface area contributed by atoms with Crippen LogP contribution in [0.4, 0.5) is 0 Å². The Hall–Kier alpha value is -2.65. The SMILES string of the molecule is O=c1c(-c2ccsc2)c(-c2ccccc2)oc2ccccc12. The maximum atomic E-state index is 13.0. The van der Waals surface area contributed by atoms with Gasteiger partial charge in [0.05, 0.1) is 10.9 Å². The summed E-state index contributed by atoms with van der Waals surface area (Å²) in [7, 11) is 0. The summed E-state index contributed by atoms with van der Waals surface area (Å²) in [6, 6.07) is 19.1. The molecule has 0 saturated carbocycles. The monoisotopic (exact) mass is 304 g/mol. The summed E-state index contributed by atoms with van der Waals surface area (Å²) in [4.78, 5) is 13.0. The van der Waals surface area contributed by atoms with Gasteiger partial charge in [-0.15, -0.1) is 0 Å². The summed E-state index contributed by atoms with van der Waals surface area (Å²) in [5.41, 5.74) is 3.07. The molecule has 2 nitrogen and oxygen atoms in total. The zero-order valence-corrected chi connectivity index (χ0v) is 12.5. The Balaban J connectivity index is 2.14. The van der Waals surface area contributed by atoms with Crippen LogP contribution >= 0.6 is 11.3 Å². The van der Waals surface area contributed by atoms with Crippen LogP contribution in [0.3, 0.4) is 0 Å². The first-order valence-corrected chi connectivity index (χ1v) is 7.93. The van der Waals surface area contributed by atoms with E-state index in [4.69, 9.17) is 4.42 Å². The van der Waals surface area contributed by atoms with Gasteiger partial charge in [-0.3, -0.25) is 4.79 Å². The van der Waals surface area contributed by atoms with E-state index < -0.39 is 0 Å². The molecule has 0 unspecified atom stereocenters. The standard InChI is InChI=1S/C19H12O2S/c20-18-15-8-4-5-9-16(15)21-19(13-6-2-1-3-7-13)17(18)14-10-11-22-12-14/h1-12H. The van der Waals surface area contributed by atoms with E-state index in [1.54, 1.807) is 11.3 Å². The van der Waals surface area contributed by atoms with Gasteiger partial charge in [0.1, 0.15) is 11.3 Å². The number of para-hydroxylation sites is 1. The van der Waals surface area contributed by atoms with E-state index in [0.29, 0.717) is 22.3 Å². The molecule has 0 atom stereocenters. The highest BCUT2D eigenvalue weighted by Crippen LogP contribution is 2.33. The van der Waals surface area contributed by atoms with Crippen molar-refractivity contribution in [3.8, 4) is 22.5 Å². The lowest BCUT2D eigenvalue weighted by molar-refractivity contribution is 0.621. The van der Waals surface area contributed by atoms with Crippen molar-refractivity contribution in [3.63, 3.8) is 0 Å². The second-order valence-electron chi connectivity index (χ2n) is 5.01. The molecule has 106 valence electrons. The maximum absolute atomic E-state index is 13.0. The van der Waals surface area contributed by atoms with E-state index in [1.807, 2.05) is 71.4 Å². The minimum absolute atomic E-state index is 0.0131. The molecule has 0 aliphatic rings. The van der Waals surface area contributed by atoms with Gasteiger partial charge >= 0.3 is 0 Å². The zero-order chi connectivity index (χ0) is 14.9. The lowest BCUT2D eigenvalue weighted by atomic mass is 10.0. The average Bonchev–Trinajstić information content (AvgIpc) is 3.10. The topological polar surface area (TPSA) is 30.2 Å². The van der Waals surface area contributed by atoms with E-state index in [1.165, 1.54) is 0 Å². The van der Waals surface area contributed by atoms with Crippen LogP contribution in [-0.2, 0) is 0 Å². The van der Waals surface area contributed by atoms with Crippen LogP contribution < -0.4 is 5.43 Å². The molecule has 0 aliphatic heterocycles. The number of rotatable bonds is 2. The quantitative estimate of drug-likeness (QED) is 0.510. The van der Waals surface area contributed by atoms with E-state index in [0.717, 1.165) is 11.1 Å². The number of hydrogen-bond donors (Lipinski definition) is 0. The molecule has 4 aromatic rings. The molecule has 2 aromatic heterocycles. The molecular weight excluding hydrogens is 292 g/mol. The van der Waals surface area contributed by atoms with E-state index in [9.17, 15) is 4.79 Å². The second kappa shape index (κ2) is 5.28. The Morgan fingerprint density at radius 1 is 0.818 bits per heavy atom. The summed E-state index contributed by atoms with van der Waals surface area (Å²) >= 11 is 1.57. The van der Waals surface area contributed by atoms with Gasteiger partial charge in [-0.1, -0.05) is 42.5 Å². The van der Waals surface area contributed by atoms with Crippen molar-refractivity contribution in [2.45, 2.75) is 0 Å². The van der Waals surface area contributed by atoms with Crippen molar-refractivity contribution in [1.82, 2.24) is 0 Å². The van der Waals surface area contributed by atoms with Crippen molar-refractivity contribution < 1.29 is 4.42 Å². The predicted octanol–water partition coefficient (Wildman–Crippen LogP) is 5.19. The van der Waals surface area contributed by atoms with Gasteiger partial charge in [0, 0.05) is 11.1 Å². The molecule has 0 fully saturated rings. The molecule has 0 N–H and O–H groups in total. The fourth-order valence-corrected chi connectivity index (χ4v) is 3.25. The summed E-state index contributed by atoms with van der Waals surface area (Å²) in [6.07, 6.45) is 0. The summed E-state index contributed by atoms with van der Waals surface area (Å²) in [5.74, 6) is 0.628. The van der Waals surface area contributed by atoms with E-state index >= 15 is 0 Å². The van der Waals surface area contributed by atoms with Crippen molar-refractivity contribution in [3.05, 3.63) is 81.6 Å². The van der Waals surface area contributed by atoms with Crippen molar-refractivity contribution >= 4 is 22.3 Å². The third-order valence-corrected chi connectivity index (χ3v) is 4.33. The summed E-state index contributed by atoms with van der Waals surface area (Å²) < 4.78 is 6.09. The smallest absolute Gasteiger partial charge is 0.201 e. The fraction of sp³-hybridized carbons (Fsp3) is 0. The van der Waals surface area contributed by atoms with Gasteiger partial charge < -0.3 is 4.42 Å². The number of benzene rings is 2. The van der Waals surface area contributed by atoms with Gasteiger partial charge in [0.25, 0.3) is 0 Å². The van der Waals surface area contributed by atoms with Crippen LogP contribution in [0.1, 0.15) is 0 Å². The van der Waals surface area contributed by atoms with Gasteiger partial charge in [-0.25, -0.2) is 0 Å². The molecule has 2 aromatic carbocycles. The molecule has 0 radical (unpaired) electrons. The number of hydrogen-bond acceptors (Lipinski definition) is 3. The third-order valence-electron chi connectivity index (χ3n) is 3.64. The molecular formula is C19H12O2S. The zero-order valence-electron chi connectivity index (χ0n) is 11.7. The minimum atomic E-state index is 0.0131. The molecule has 2 heterocycles. The van der Waals surface area contributed by atoms with E-state index in [2.05, 4.69) is 0 Å². The predicted molar refractivity (Wildman–Crippen MR) is 91.2 cm³/mol. The molecule has 0 saturated heterocycles. The van der Waals surface area contributed by atoms with Crippen LogP contribution in [0, 0.1) is 0 Å². The molecule has 3 heteroatoms. The first-order chi connectivity index (χ1) is 10.8. The Morgan fingerprint density at radius 3 is 2.36 bits per heavy atom. The van der Waals surface area contributed by atoms with E-state index in [-0.39, 0.29) is 5.43 Å². The normalized spacial score (nSPS) is 10.9. The van der Waals surface area contributed by atoms with Crippen molar-refractivity contribution in [2.24, 2.45) is 0 Å². The first-order valence-electron chi connectivity index (χ1n) is 6.98. The molecule has 0 bridgehead atoms. The fourth-order valence-electron chi connectivity index (χ4n) is 2.60. The van der Waals surface area contributed by atoms with Gasteiger partial charge in [-0.05, 0) is 29.0 Å². The van der Waals surface area contributed by atoms with Gasteiger partial charge in [0.2, 0.25) is 5.43 Å². The molecule has 4 rings (SSSR count). The molecule has 0 spiro atoms. The van der Waals surface area contributed by atoms with Crippen LogP contribution in [-0.4, -0.2) is 0 Å². The third kappa shape index (κ3) is 2.07. The Kier molecular flexibility index (Phi) is 3.13. The molecule has 22 heavy (non-hydrogen) atoms. The van der Waals surface area contributed by atoms with Crippen LogP contribution in [0.5, 0.6) is 0 Å². The van der Waals surface area contributed by atoms with Crippen LogP contribution in [0.25, 0.3) is 33.4 Å². The Labute approximate surface area is 131 Å². The highest BCUT2D eigenvalue weighted by molar-refractivity contribution is 7.08. The van der Waals surface area contributed by atoms with Gasteiger partial charge in [-0.2, -0.15) is 11.3 Å². The molecule has 0 aliphatic carbocycles. The Bertz CT molecular complexity index is 983. The van der Waals surface area contributed by atoms with Crippen molar-refractivity contribution in [2.75, 3.05) is 0 Å². The number of fused-ring (bicyclic) bond motifs is 1. The highest BCUT2D eigenvalue weighted by atomic mass is 32.1. The largest absolute Gasteiger partial charge is 0.455 e. The summed E-state index contributed by atoms with van der Waals surface area (Å²) in [5, 5.41) is 4.56. The maximum Gasteiger partial charge on any atom is 0.201 e. The first kappa shape index (κ1) is 13.0. The lowest BCUT2D eigenvalue weighted by Crippen LogP contribution is -2.06. The average molecular weight is 304 g/mol. The van der Waals surface area contributed by atoms with Crippen LogP contribution in [0.15, 0.2) is 80.6 Å². The Morgan fingerprint density at radius 2 is 1.59 bits per heavy atom. The number of thiophene rings is 1. The van der Waals surface area contributed by atoms with Crippen LogP contribution in [0.2, 0.25) is 0 Å². The highest BCUT2D eigenvalue weighted by Gasteiger charge is 2.17. The van der Waals surface area contributed by atoms with Crippen molar-refractivity contribution in [1.29, 1.82) is 0 Å². The lowest BCUT2D eigenvalue weighted by Gasteiger charge is -2.09. The summed E-state index contributed by atoms with van der Waals surface area (Å²) in [6.45, 7) is 0. The van der Waals surface area contributed by atoms with Gasteiger partial charge in [0.15, 0.2) is 0 Å².